The summed E-state index contributed by atoms with van der Waals surface area (Å²) < 4.78 is 10.8. The van der Waals surface area contributed by atoms with Crippen molar-refractivity contribution >= 4 is 23.0 Å². The van der Waals surface area contributed by atoms with Crippen LogP contribution in [0.2, 0.25) is 0 Å². The van der Waals surface area contributed by atoms with E-state index in [0.717, 1.165) is 28.7 Å². The average molecular weight is 430 g/mol. The van der Waals surface area contributed by atoms with E-state index in [9.17, 15) is 4.79 Å². The van der Waals surface area contributed by atoms with E-state index in [1.54, 1.807) is 0 Å². The highest BCUT2D eigenvalue weighted by molar-refractivity contribution is 5.81. The summed E-state index contributed by atoms with van der Waals surface area (Å²) in [6, 6.07) is 18.9. The molecule has 1 atom stereocenters. The van der Waals surface area contributed by atoms with Gasteiger partial charge in [0, 0.05) is 18.5 Å². The van der Waals surface area contributed by atoms with Gasteiger partial charge in [0.2, 0.25) is 0 Å². The predicted molar refractivity (Wildman–Crippen MR) is 131 cm³/mol. The van der Waals surface area contributed by atoms with Crippen molar-refractivity contribution in [2.24, 2.45) is 5.92 Å². The van der Waals surface area contributed by atoms with Gasteiger partial charge >= 0.3 is 5.97 Å². The number of carbonyl (C=O) groups is 1. The van der Waals surface area contributed by atoms with Gasteiger partial charge in [0.05, 0.1) is 13.0 Å². The van der Waals surface area contributed by atoms with Crippen molar-refractivity contribution in [3.63, 3.8) is 0 Å². The Labute approximate surface area is 190 Å². The minimum Gasteiger partial charge on any atom is -0.469 e. The first kappa shape index (κ1) is 23.3. The number of furan rings is 1. The molecule has 0 saturated carbocycles. The fraction of sp³-hybridized carbons (Fsp3) is 0.250. The van der Waals surface area contributed by atoms with Crippen molar-refractivity contribution in [1.29, 1.82) is 0 Å². The van der Waals surface area contributed by atoms with E-state index >= 15 is 0 Å². The van der Waals surface area contributed by atoms with Gasteiger partial charge < -0.3 is 14.5 Å². The summed E-state index contributed by atoms with van der Waals surface area (Å²) in [6.07, 6.45) is 11.0. The SMILES string of the molecule is C\C=C/C=C(\C=C\c1cc2cc(Cc3ccccc3)ccc2o1)CNCC(C)C(=O)OC. The molecule has 32 heavy (non-hydrogen) atoms. The normalized spacial score (nSPS) is 13.3. The van der Waals surface area contributed by atoms with Crippen LogP contribution in [0.1, 0.15) is 30.7 Å². The molecule has 0 saturated heterocycles. The van der Waals surface area contributed by atoms with Gasteiger partial charge in [0.15, 0.2) is 0 Å². The monoisotopic (exact) mass is 429 g/mol. The van der Waals surface area contributed by atoms with E-state index < -0.39 is 0 Å². The van der Waals surface area contributed by atoms with Gasteiger partial charge in [0.25, 0.3) is 0 Å². The molecule has 1 heterocycles. The molecule has 4 heteroatoms. The maximum atomic E-state index is 11.6. The molecule has 3 aromatic rings. The fourth-order valence-electron chi connectivity index (χ4n) is 3.44. The van der Waals surface area contributed by atoms with Crippen molar-refractivity contribution in [2.75, 3.05) is 20.2 Å². The first-order chi connectivity index (χ1) is 15.6. The van der Waals surface area contributed by atoms with Crippen LogP contribution in [-0.2, 0) is 16.0 Å². The van der Waals surface area contributed by atoms with Crippen molar-refractivity contribution < 1.29 is 13.9 Å². The second-order valence-corrected chi connectivity index (χ2v) is 7.84. The van der Waals surface area contributed by atoms with Crippen LogP contribution in [0, 0.1) is 5.92 Å². The third-order valence-electron chi connectivity index (χ3n) is 5.20. The number of benzene rings is 2. The number of hydrogen-bond acceptors (Lipinski definition) is 4. The first-order valence-electron chi connectivity index (χ1n) is 10.9. The molecule has 0 bridgehead atoms. The summed E-state index contributed by atoms with van der Waals surface area (Å²) in [5, 5.41) is 4.42. The lowest BCUT2D eigenvalue weighted by atomic mass is 10.0. The van der Waals surface area contributed by atoms with Gasteiger partial charge in [-0.05, 0) is 54.3 Å². The van der Waals surface area contributed by atoms with E-state index in [1.165, 1.54) is 18.2 Å². The molecule has 4 nitrogen and oxygen atoms in total. The summed E-state index contributed by atoms with van der Waals surface area (Å²) in [4.78, 5) is 11.6. The number of allylic oxidation sites excluding steroid dienone is 3. The van der Waals surface area contributed by atoms with Gasteiger partial charge in [-0.1, -0.05) is 67.6 Å². The summed E-state index contributed by atoms with van der Waals surface area (Å²) in [5.74, 6) is 0.416. The van der Waals surface area contributed by atoms with Crippen LogP contribution in [-0.4, -0.2) is 26.2 Å². The minimum atomic E-state index is -0.207. The zero-order valence-electron chi connectivity index (χ0n) is 19.0. The Hall–Kier alpha value is -3.37. The Kier molecular flexibility index (Phi) is 8.64. The number of rotatable bonds is 10. The van der Waals surface area contributed by atoms with Crippen molar-refractivity contribution in [3.05, 3.63) is 101 Å². The summed E-state index contributed by atoms with van der Waals surface area (Å²) in [5.41, 5.74) is 4.52. The Morgan fingerprint density at radius 1 is 1.12 bits per heavy atom. The van der Waals surface area contributed by atoms with E-state index in [1.807, 2.05) is 56.4 Å². The van der Waals surface area contributed by atoms with Gasteiger partial charge in [-0.2, -0.15) is 0 Å². The number of hydrogen-bond donors (Lipinski definition) is 1. The lowest BCUT2D eigenvalue weighted by Crippen LogP contribution is -2.28. The van der Waals surface area contributed by atoms with Crippen LogP contribution in [0.3, 0.4) is 0 Å². The molecule has 1 unspecified atom stereocenters. The summed E-state index contributed by atoms with van der Waals surface area (Å²) in [7, 11) is 1.41. The van der Waals surface area contributed by atoms with Crippen molar-refractivity contribution in [1.82, 2.24) is 5.32 Å². The number of ether oxygens (including phenoxy) is 1. The van der Waals surface area contributed by atoms with Crippen LogP contribution in [0.4, 0.5) is 0 Å². The number of esters is 1. The molecule has 166 valence electrons. The Morgan fingerprint density at radius 3 is 2.69 bits per heavy atom. The van der Waals surface area contributed by atoms with Crippen LogP contribution in [0.15, 0.2) is 88.9 Å². The standard InChI is InChI=1S/C28H31NO3/c1-4-5-9-23(20-29-19-21(2)28(30)31-3)12-14-26-18-25-17-24(13-15-27(25)32-26)16-22-10-7-6-8-11-22/h4-15,17-18,21,29H,16,19-20H2,1-3H3/b5-4-,14-12+,23-9+. The maximum Gasteiger partial charge on any atom is 0.309 e. The Morgan fingerprint density at radius 2 is 1.94 bits per heavy atom. The second kappa shape index (κ2) is 11.9. The largest absolute Gasteiger partial charge is 0.469 e. The molecule has 1 aromatic heterocycles. The van der Waals surface area contributed by atoms with Crippen LogP contribution < -0.4 is 5.32 Å². The average Bonchev–Trinajstić information content (AvgIpc) is 3.22. The van der Waals surface area contributed by atoms with Gasteiger partial charge in [-0.3, -0.25) is 4.79 Å². The first-order valence-corrected chi connectivity index (χ1v) is 10.9. The van der Waals surface area contributed by atoms with Crippen LogP contribution in [0.5, 0.6) is 0 Å². The smallest absolute Gasteiger partial charge is 0.309 e. The van der Waals surface area contributed by atoms with Crippen molar-refractivity contribution in [2.45, 2.75) is 20.3 Å². The highest BCUT2D eigenvalue weighted by Gasteiger charge is 2.12. The molecule has 0 radical (unpaired) electrons. The molecule has 0 fully saturated rings. The third-order valence-corrected chi connectivity index (χ3v) is 5.20. The number of fused-ring (bicyclic) bond motifs is 1. The van der Waals surface area contributed by atoms with Crippen molar-refractivity contribution in [3.8, 4) is 0 Å². The lowest BCUT2D eigenvalue weighted by Gasteiger charge is -2.10. The molecule has 0 aliphatic heterocycles. The maximum absolute atomic E-state index is 11.6. The van der Waals surface area contributed by atoms with Gasteiger partial charge in [0.1, 0.15) is 11.3 Å². The predicted octanol–water partition coefficient (Wildman–Crippen LogP) is 5.94. The highest BCUT2D eigenvalue weighted by atomic mass is 16.5. The number of carbonyl (C=O) groups excluding carboxylic acids is 1. The third kappa shape index (κ3) is 6.82. The molecule has 2 aromatic carbocycles. The zero-order valence-corrected chi connectivity index (χ0v) is 19.0. The van der Waals surface area contributed by atoms with E-state index in [2.05, 4.69) is 47.8 Å². The Balaban J connectivity index is 1.67. The summed E-state index contributed by atoms with van der Waals surface area (Å²) >= 11 is 0. The second-order valence-electron chi connectivity index (χ2n) is 7.84. The van der Waals surface area contributed by atoms with Gasteiger partial charge in [-0.25, -0.2) is 0 Å². The lowest BCUT2D eigenvalue weighted by molar-refractivity contribution is -0.144. The highest BCUT2D eigenvalue weighted by Crippen LogP contribution is 2.23. The van der Waals surface area contributed by atoms with E-state index in [0.29, 0.717) is 13.1 Å². The van der Waals surface area contributed by atoms with Crippen LogP contribution in [0.25, 0.3) is 17.0 Å². The van der Waals surface area contributed by atoms with Crippen LogP contribution >= 0.6 is 0 Å². The molecular weight excluding hydrogens is 398 g/mol. The van der Waals surface area contributed by atoms with E-state index in [4.69, 9.17) is 9.15 Å². The molecule has 0 aliphatic rings. The quantitative estimate of drug-likeness (QED) is 0.320. The fourth-order valence-corrected chi connectivity index (χ4v) is 3.44. The zero-order chi connectivity index (χ0) is 22.8. The summed E-state index contributed by atoms with van der Waals surface area (Å²) in [6.45, 7) is 5.04. The number of methoxy groups -OCH3 is 1. The molecule has 1 N–H and O–H groups in total. The van der Waals surface area contributed by atoms with Gasteiger partial charge in [-0.15, -0.1) is 0 Å². The molecule has 0 amide bonds. The molecule has 3 rings (SSSR count). The Bertz CT molecular complexity index is 1110. The molecule has 0 aliphatic carbocycles. The minimum absolute atomic E-state index is 0.188. The topological polar surface area (TPSA) is 51.5 Å². The molecular formula is C28H31NO3. The van der Waals surface area contributed by atoms with E-state index in [-0.39, 0.29) is 11.9 Å². The molecule has 0 spiro atoms. The number of nitrogens with one attached hydrogen (secondary N) is 1.